The van der Waals surface area contributed by atoms with Crippen molar-refractivity contribution in [1.29, 1.82) is 0 Å². The molecule has 0 aliphatic carbocycles. The number of imidazole rings is 1. The third kappa shape index (κ3) is 4.24. The fourth-order valence-electron chi connectivity index (χ4n) is 3.55. The molecule has 11 heteroatoms. The van der Waals surface area contributed by atoms with Gasteiger partial charge >= 0.3 is 5.97 Å². The fourth-order valence-corrected chi connectivity index (χ4v) is 3.55. The molecule has 4 aromatic rings. The molecule has 0 amide bonds. The van der Waals surface area contributed by atoms with E-state index in [2.05, 4.69) is 20.0 Å². The molecule has 2 aromatic carbocycles. The first kappa shape index (κ1) is 23.0. The molecule has 0 atom stereocenters. The Hall–Kier alpha value is -4.15. The second-order valence-electron chi connectivity index (χ2n) is 7.14. The standard InChI is InChI=1S/C23H18F4N4O3/c1-33-17-6-5-15(19(26)20(17)27)16-11-29-22-21(28-7-8-31(16)22)30-13-3-4-14(23(32)34-2)12(9-13)10-18(24)25/h3-9,11,18H,10H2,1-2H3,(H,28,30). The summed E-state index contributed by atoms with van der Waals surface area (Å²) in [7, 11) is 2.40. The summed E-state index contributed by atoms with van der Waals surface area (Å²) in [4.78, 5) is 20.4. The molecule has 0 aliphatic rings. The van der Waals surface area contributed by atoms with E-state index in [9.17, 15) is 22.4 Å². The Bertz CT molecular complexity index is 1370. The van der Waals surface area contributed by atoms with E-state index in [0.29, 0.717) is 5.69 Å². The zero-order valence-electron chi connectivity index (χ0n) is 18.0. The van der Waals surface area contributed by atoms with Crippen molar-refractivity contribution in [3.05, 3.63) is 71.7 Å². The molecule has 1 N–H and O–H groups in total. The van der Waals surface area contributed by atoms with Crippen LogP contribution in [0.1, 0.15) is 15.9 Å². The van der Waals surface area contributed by atoms with E-state index >= 15 is 0 Å². The summed E-state index contributed by atoms with van der Waals surface area (Å²) in [5, 5.41) is 2.97. The van der Waals surface area contributed by atoms with Crippen LogP contribution in [0.25, 0.3) is 16.9 Å². The van der Waals surface area contributed by atoms with Gasteiger partial charge in [-0.1, -0.05) is 0 Å². The zero-order valence-corrected chi connectivity index (χ0v) is 18.0. The highest BCUT2D eigenvalue weighted by molar-refractivity contribution is 5.92. The van der Waals surface area contributed by atoms with E-state index in [1.165, 1.54) is 67.5 Å². The van der Waals surface area contributed by atoms with Gasteiger partial charge in [-0.3, -0.25) is 4.40 Å². The number of nitrogens with one attached hydrogen (secondary N) is 1. The molecule has 0 saturated heterocycles. The number of benzene rings is 2. The predicted molar refractivity (Wildman–Crippen MR) is 116 cm³/mol. The van der Waals surface area contributed by atoms with Gasteiger partial charge in [-0.25, -0.2) is 27.9 Å². The van der Waals surface area contributed by atoms with Gasteiger partial charge in [-0.15, -0.1) is 0 Å². The number of esters is 1. The van der Waals surface area contributed by atoms with Crippen LogP contribution in [-0.2, 0) is 11.2 Å². The summed E-state index contributed by atoms with van der Waals surface area (Å²) in [6, 6.07) is 6.95. The lowest BCUT2D eigenvalue weighted by Crippen LogP contribution is -2.09. The van der Waals surface area contributed by atoms with Crippen LogP contribution in [0.5, 0.6) is 5.75 Å². The Labute approximate surface area is 191 Å². The van der Waals surface area contributed by atoms with Gasteiger partial charge in [0.15, 0.2) is 23.0 Å². The SMILES string of the molecule is COC(=O)c1ccc(Nc2nccn3c(-c4ccc(OC)c(F)c4F)cnc23)cc1CC(F)F. The molecule has 0 unspecified atom stereocenters. The lowest BCUT2D eigenvalue weighted by molar-refractivity contribution is 0.0598. The fraction of sp³-hybridized carbons (Fsp3) is 0.174. The number of nitrogens with zero attached hydrogens (tertiary/aromatic N) is 3. The molecule has 34 heavy (non-hydrogen) atoms. The maximum absolute atomic E-state index is 14.6. The highest BCUT2D eigenvalue weighted by Gasteiger charge is 2.20. The van der Waals surface area contributed by atoms with E-state index in [1.54, 1.807) is 0 Å². The molecule has 4 rings (SSSR count). The summed E-state index contributed by atoms with van der Waals surface area (Å²) in [6.45, 7) is 0. The number of anilines is 2. The Morgan fingerprint density at radius 2 is 1.91 bits per heavy atom. The van der Waals surface area contributed by atoms with E-state index < -0.39 is 30.5 Å². The topological polar surface area (TPSA) is 77.8 Å². The third-order valence-corrected chi connectivity index (χ3v) is 5.12. The minimum atomic E-state index is -2.67. The lowest BCUT2D eigenvalue weighted by Gasteiger charge is -2.12. The molecule has 176 valence electrons. The summed E-state index contributed by atoms with van der Waals surface area (Å²) in [5.41, 5.74) is 0.998. The Kier molecular flexibility index (Phi) is 6.35. The predicted octanol–water partition coefficient (Wildman–Crippen LogP) is 5.02. The van der Waals surface area contributed by atoms with E-state index in [-0.39, 0.29) is 39.6 Å². The zero-order chi connectivity index (χ0) is 24.4. The smallest absolute Gasteiger partial charge is 0.338 e. The van der Waals surface area contributed by atoms with Crippen molar-refractivity contribution in [2.45, 2.75) is 12.8 Å². The van der Waals surface area contributed by atoms with Gasteiger partial charge in [0.25, 0.3) is 0 Å². The molecular formula is C23H18F4N4O3. The van der Waals surface area contributed by atoms with Crippen LogP contribution in [0.15, 0.2) is 48.9 Å². The van der Waals surface area contributed by atoms with Crippen molar-refractivity contribution in [2.75, 3.05) is 19.5 Å². The van der Waals surface area contributed by atoms with Gasteiger partial charge in [-0.05, 0) is 35.9 Å². The highest BCUT2D eigenvalue weighted by atomic mass is 19.3. The summed E-state index contributed by atoms with van der Waals surface area (Å²) < 4.78 is 65.9. The highest BCUT2D eigenvalue weighted by Crippen LogP contribution is 2.31. The van der Waals surface area contributed by atoms with Gasteiger partial charge in [0.1, 0.15) is 0 Å². The van der Waals surface area contributed by atoms with E-state index in [1.807, 2.05) is 0 Å². The third-order valence-electron chi connectivity index (χ3n) is 5.12. The number of carbonyl (C=O) groups excluding carboxylic acids is 1. The van der Waals surface area contributed by atoms with E-state index in [4.69, 9.17) is 4.74 Å². The molecule has 2 heterocycles. The number of fused-ring (bicyclic) bond motifs is 1. The van der Waals surface area contributed by atoms with Gasteiger partial charge in [0, 0.05) is 30.1 Å². The molecule has 7 nitrogen and oxygen atoms in total. The summed E-state index contributed by atoms with van der Waals surface area (Å²) >= 11 is 0. The molecule has 0 saturated carbocycles. The second-order valence-corrected chi connectivity index (χ2v) is 7.14. The first-order valence-electron chi connectivity index (χ1n) is 9.94. The van der Waals surface area contributed by atoms with Crippen molar-refractivity contribution in [2.24, 2.45) is 0 Å². The lowest BCUT2D eigenvalue weighted by atomic mass is 10.0. The summed E-state index contributed by atoms with van der Waals surface area (Å²) in [5.74, 6) is -2.94. The maximum Gasteiger partial charge on any atom is 0.338 e. The maximum atomic E-state index is 14.6. The minimum Gasteiger partial charge on any atom is -0.494 e. The number of methoxy groups -OCH3 is 2. The normalized spacial score (nSPS) is 11.1. The van der Waals surface area contributed by atoms with Crippen molar-refractivity contribution in [1.82, 2.24) is 14.4 Å². The van der Waals surface area contributed by atoms with Crippen LogP contribution >= 0.6 is 0 Å². The number of hydrogen-bond donors (Lipinski definition) is 1. The number of alkyl halides is 2. The van der Waals surface area contributed by atoms with Gasteiger partial charge < -0.3 is 14.8 Å². The molecule has 0 bridgehead atoms. The second kappa shape index (κ2) is 9.38. The molecule has 2 aromatic heterocycles. The number of aromatic nitrogens is 3. The number of carbonyl (C=O) groups is 1. The van der Waals surface area contributed by atoms with Crippen molar-refractivity contribution in [3.8, 4) is 17.0 Å². The first-order valence-corrected chi connectivity index (χ1v) is 9.94. The van der Waals surface area contributed by atoms with Crippen LogP contribution in [0.3, 0.4) is 0 Å². The van der Waals surface area contributed by atoms with Gasteiger partial charge in [0.2, 0.25) is 12.2 Å². The molecular weight excluding hydrogens is 456 g/mol. The average molecular weight is 474 g/mol. The molecule has 0 radical (unpaired) electrons. The minimum absolute atomic E-state index is 0.0274. The van der Waals surface area contributed by atoms with Gasteiger partial charge in [0.05, 0.1) is 31.7 Å². The molecule has 0 spiro atoms. The summed E-state index contributed by atoms with van der Waals surface area (Å²) in [6.07, 6.45) is 0.978. The van der Waals surface area contributed by atoms with Crippen molar-refractivity contribution in [3.63, 3.8) is 0 Å². The number of halogens is 4. The van der Waals surface area contributed by atoms with E-state index in [0.717, 1.165) is 0 Å². The number of ether oxygens (including phenoxy) is 2. The number of rotatable bonds is 7. The van der Waals surface area contributed by atoms with Crippen LogP contribution in [-0.4, -0.2) is 41.0 Å². The number of hydrogen-bond acceptors (Lipinski definition) is 6. The van der Waals surface area contributed by atoms with Crippen LogP contribution in [0.4, 0.5) is 29.1 Å². The molecule has 0 fully saturated rings. The van der Waals surface area contributed by atoms with Crippen LogP contribution in [0, 0.1) is 11.6 Å². The largest absolute Gasteiger partial charge is 0.494 e. The molecule has 0 aliphatic heterocycles. The monoisotopic (exact) mass is 474 g/mol. The van der Waals surface area contributed by atoms with Crippen LogP contribution in [0.2, 0.25) is 0 Å². The van der Waals surface area contributed by atoms with Crippen molar-refractivity contribution < 1.29 is 31.8 Å². The van der Waals surface area contributed by atoms with Crippen LogP contribution < -0.4 is 10.1 Å². The first-order chi connectivity index (χ1) is 16.3. The average Bonchev–Trinajstić information content (AvgIpc) is 3.25. The Morgan fingerprint density at radius 1 is 1.12 bits per heavy atom. The van der Waals surface area contributed by atoms with Crippen molar-refractivity contribution >= 4 is 23.1 Å². The van der Waals surface area contributed by atoms with Gasteiger partial charge in [-0.2, -0.15) is 4.39 Å². The Balaban J connectivity index is 1.73. The Morgan fingerprint density at radius 3 is 2.62 bits per heavy atom. The quantitative estimate of drug-likeness (QED) is 0.299.